The lowest BCUT2D eigenvalue weighted by atomic mass is 10.1. The molecule has 98 valence electrons. The molecule has 0 fully saturated rings. The summed E-state index contributed by atoms with van der Waals surface area (Å²) in [4.78, 5) is 11.2. The molecule has 0 heterocycles. The van der Waals surface area contributed by atoms with Crippen molar-refractivity contribution in [2.24, 2.45) is 5.73 Å². The van der Waals surface area contributed by atoms with Gasteiger partial charge in [-0.3, -0.25) is 4.79 Å². The van der Waals surface area contributed by atoms with Crippen molar-refractivity contribution in [1.29, 1.82) is 0 Å². The first-order valence-corrected chi connectivity index (χ1v) is 5.99. The molecule has 0 radical (unpaired) electrons. The number of nitrogen functional groups attached to an aromatic ring is 1. The van der Waals surface area contributed by atoms with E-state index in [9.17, 15) is 4.79 Å². The van der Waals surface area contributed by atoms with E-state index in [2.05, 4.69) is 0 Å². The van der Waals surface area contributed by atoms with Gasteiger partial charge in [0.05, 0.1) is 11.3 Å². The molecule has 4 N–H and O–H groups in total. The monoisotopic (exact) mass is 276 g/mol. The number of carbonyl (C=O) groups excluding carboxylic acids is 1. The average Bonchev–Trinajstić information content (AvgIpc) is 2.34. The summed E-state index contributed by atoms with van der Waals surface area (Å²) in [5.74, 6) is 0.426. The lowest BCUT2D eigenvalue weighted by Crippen LogP contribution is -2.13. The van der Waals surface area contributed by atoms with Crippen LogP contribution in [0.2, 0.25) is 5.02 Å². The summed E-state index contributed by atoms with van der Waals surface area (Å²) in [7, 11) is 0. The average molecular weight is 277 g/mol. The Kier molecular flexibility index (Phi) is 3.62. The largest absolute Gasteiger partial charge is 0.455 e. The number of benzene rings is 2. The maximum absolute atomic E-state index is 11.2. The number of nitrogens with two attached hydrogens (primary N) is 2. The van der Waals surface area contributed by atoms with Crippen LogP contribution in [-0.4, -0.2) is 5.91 Å². The molecule has 19 heavy (non-hydrogen) atoms. The zero-order chi connectivity index (χ0) is 14.0. The predicted molar refractivity (Wildman–Crippen MR) is 75.6 cm³/mol. The summed E-state index contributed by atoms with van der Waals surface area (Å²) < 4.78 is 5.69. The maximum atomic E-state index is 11.2. The Labute approximate surface area is 115 Å². The second-order valence-corrected chi connectivity index (χ2v) is 4.53. The molecule has 1 amide bonds. The molecule has 5 heteroatoms. The van der Waals surface area contributed by atoms with Crippen molar-refractivity contribution in [2.75, 3.05) is 5.73 Å². The van der Waals surface area contributed by atoms with Gasteiger partial charge in [-0.1, -0.05) is 17.7 Å². The summed E-state index contributed by atoms with van der Waals surface area (Å²) in [6.45, 7) is 1.87. The predicted octanol–water partition coefficient (Wildman–Crippen LogP) is 3.12. The van der Waals surface area contributed by atoms with Crippen molar-refractivity contribution in [3.8, 4) is 11.5 Å². The van der Waals surface area contributed by atoms with Gasteiger partial charge in [0.2, 0.25) is 0 Å². The third-order valence-corrected chi connectivity index (χ3v) is 2.92. The molecule has 0 aliphatic rings. The molecule has 0 unspecified atom stereocenters. The molecule has 2 aromatic rings. The molecule has 2 rings (SSSR count). The third kappa shape index (κ3) is 2.80. The number of ether oxygens (including phenoxy) is 1. The minimum Gasteiger partial charge on any atom is -0.455 e. The van der Waals surface area contributed by atoms with E-state index in [0.29, 0.717) is 16.5 Å². The van der Waals surface area contributed by atoms with Crippen molar-refractivity contribution < 1.29 is 9.53 Å². The molecule has 0 bridgehead atoms. The van der Waals surface area contributed by atoms with Crippen molar-refractivity contribution in [3.63, 3.8) is 0 Å². The number of hydrogen-bond donors (Lipinski definition) is 2. The molecule has 0 aromatic heterocycles. The van der Waals surface area contributed by atoms with Gasteiger partial charge in [-0.15, -0.1) is 0 Å². The van der Waals surface area contributed by atoms with Gasteiger partial charge in [-0.05, 0) is 42.8 Å². The fraction of sp³-hybridized carbons (Fsp3) is 0.0714. The summed E-state index contributed by atoms with van der Waals surface area (Å²) in [6.07, 6.45) is 0. The van der Waals surface area contributed by atoms with Crippen molar-refractivity contribution in [3.05, 3.63) is 52.5 Å². The Bertz CT molecular complexity index is 641. The summed E-state index contributed by atoms with van der Waals surface area (Å²) in [5, 5.41) is 0.628. The van der Waals surface area contributed by atoms with Crippen LogP contribution in [0.5, 0.6) is 11.5 Å². The Balaban J connectivity index is 2.38. The highest BCUT2D eigenvalue weighted by Crippen LogP contribution is 2.32. The van der Waals surface area contributed by atoms with Crippen molar-refractivity contribution in [2.45, 2.75) is 6.92 Å². The van der Waals surface area contributed by atoms with E-state index in [4.69, 9.17) is 27.8 Å². The van der Waals surface area contributed by atoms with Crippen LogP contribution in [0.4, 0.5) is 5.69 Å². The number of halogens is 1. The number of para-hydroxylation sites is 1. The number of aryl methyl sites for hydroxylation is 1. The highest BCUT2D eigenvalue weighted by molar-refractivity contribution is 6.30. The quantitative estimate of drug-likeness (QED) is 0.846. The number of primary amides is 1. The van der Waals surface area contributed by atoms with Crippen LogP contribution < -0.4 is 16.2 Å². The molecule has 4 nitrogen and oxygen atoms in total. The van der Waals surface area contributed by atoms with Crippen molar-refractivity contribution in [1.82, 2.24) is 0 Å². The van der Waals surface area contributed by atoms with Crippen LogP contribution in [0.1, 0.15) is 15.9 Å². The maximum Gasteiger partial charge on any atom is 0.250 e. The van der Waals surface area contributed by atoms with Crippen LogP contribution in [0.3, 0.4) is 0 Å². The molecule has 0 atom stereocenters. The van der Waals surface area contributed by atoms with Gasteiger partial charge in [0.15, 0.2) is 5.75 Å². The van der Waals surface area contributed by atoms with Crippen molar-refractivity contribution >= 4 is 23.2 Å². The minimum atomic E-state index is -0.587. The van der Waals surface area contributed by atoms with E-state index in [1.165, 1.54) is 0 Å². The Morgan fingerprint density at radius 3 is 2.58 bits per heavy atom. The Morgan fingerprint density at radius 2 is 1.95 bits per heavy atom. The third-order valence-electron chi connectivity index (χ3n) is 2.69. The zero-order valence-electron chi connectivity index (χ0n) is 10.3. The van der Waals surface area contributed by atoms with Crippen LogP contribution >= 0.6 is 11.6 Å². The zero-order valence-corrected chi connectivity index (χ0v) is 11.1. The fourth-order valence-corrected chi connectivity index (χ4v) is 1.92. The fourth-order valence-electron chi connectivity index (χ4n) is 1.69. The normalized spacial score (nSPS) is 10.2. The highest BCUT2D eigenvalue weighted by atomic mass is 35.5. The van der Waals surface area contributed by atoms with Gasteiger partial charge in [0.1, 0.15) is 5.75 Å². The minimum absolute atomic E-state index is 0.226. The van der Waals surface area contributed by atoms with E-state index < -0.39 is 5.91 Å². The number of anilines is 1. The standard InChI is InChI=1S/C14H13ClN2O2/c1-8-7-9(15)5-6-11(8)19-12-4-2-3-10(13(12)16)14(17)18/h2-7H,16H2,1H3,(H2,17,18). The lowest BCUT2D eigenvalue weighted by molar-refractivity contribution is 0.100. The molecular formula is C14H13ClN2O2. The first kappa shape index (κ1) is 13.2. The van der Waals surface area contributed by atoms with Crippen LogP contribution in [0, 0.1) is 6.92 Å². The topological polar surface area (TPSA) is 78.3 Å². The number of carbonyl (C=O) groups is 1. The smallest absolute Gasteiger partial charge is 0.250 e. The van der Waals surface area contributed by atoms with Gasteiger partial charge in [-0.2, -0.15) is 0 Å². The van der Waals surface area contributed by atoms with Gasteiger partial charge in [-0.25, -0.2) is 0 Å². The first-order valence-electron chi connectivity index (χ1n) is 5.61. The van der Waals surface area contributed by atoms with Crippen LogP contribution in [0.25, 0.3) is 0 Å². The van der Waals surface area contributed by atoms with E-state index in [1.807, 2.05) is 6.92 Å². The summed E-state index contributed by atoms with van der Waals surface area (Å²) in [6, 6.07) is 10.1. The summed E-state index contributed by atoms with van der Waals surface area (Å²) >= 11 is 5.88. The first-order chi connectivity index (χ1) is 8.99. The molecule has 0 saturated carbocycles. The second-order valence-electron chi connectivity index (χ2n) is 4.09. The molecule has 0 aliphatic heterocycles. The van der Waals surface area contributed by atoms with E-state index in [-0.39, 0.29) is 11.3 Å². The Morgan fingerprint density at radius 1 is 1.21 bits per heavy atom. The van der Waals surface area contributed by atoms with E-state index in [1.54, 1.807) is 36.4 Å². The van der Waals surface area contributed by atoms with E-state index >= 15 is 0 Å². The Hall–Kier alpha value is -2.20. The van der Waals surface area contributed by atoms with Gasteiger partial charge in [0.25, 0.3) is 5.91 Å². The molecule has 0 aliphatic carbocycles. The molecular weight excluding hydrogens is 264 g/mol. The number of rotatable bonds is 3. The highest BCUT2D eigenvalue weighted by Gasteiger charge is 2.11. The van der Waals surface area contributed by atoms with E-state index in [0.717, 1.165) is 5.56 Å². The van der Waals surface area contributed by atoms with Gasteiger partial charge < -0.3 is 16.2 Å². The molecule has 0 saturated heterocycles. The second kappa shape index (κ2) is 5.20. The lowest BCUT2D eigenvalue weighted by Gasteiger charge is -2.12. The number of hydrogen-bond acceptors (Lipinski definition) is 3. The molecule has 2 aromatic carbocycles. The van der Waals surface area contributed by atoms with Crippen LogP contribution in [-0.2, 0) is 0 Å². The molecule has 0 spiro atoms. The van der Waals surface area contributed by atoms with Crippen LogP contribution in [0.15, 0.2) is 36.4 Å². The van der Waals surface area contributed by atoms with Gasteiger partial charge in [0, 0.05) is 5.02 Å². The summed E-state index contributed by atoms with van der Waals surface area (Å²) in [5.41, 5.74) is 12.4. The van der Waals surface area contributed by atoms with Gasteiger partial charge >= 0.3 is 0 Å². The number of amides is 1. The SMILES string of the molecule is Cc1cc(Cl)ccc1Oc1cccc(C(N)=O)c1N.